The van der Waals surface area contributed by atoms with Gasteiger partial charge in [0.1, 0.15) is 0 Å². The summed E-state index contributed by atoms with van der Waals surface area (Å²) in [7, 11) is 0. The molecule has 0 aliphatic carbocycles. The van der Waals surface area contributed by atoms with Crippen molar-refractivity contribution in [2.24, 2.45) is 0 Å². The maximum atomic E-state index is 13.0. The van der Waals surface area contributed by atoms with E-state index in [9.17, 15) is 19.1 Å². The Morgan fingerprint density at radius 2 is 2.20 bits per heavy atom. The van der Waals surface area contributed by atoms with Crippen molar-refractivity contribution in [2.75, 3.05) is 0 Å². The SMILES string of the molecule is O=c1[nH]c(=O)n(-c2ccsc2)c(O)c1F. The molecule has 0 aromatic carbocycles. The standard InChI is InChI=1S/C8H5FN2O3S/c9-5-6(12)10-8(14)11(7(5)13)4-1-2-15-3-4/h1-3,13H,(H,10,12,14). The second-order valence-electron chi connectivity index (χ2n) is 2.71. The number of hydrogen-bond acceptors (Lipinski definition) is 4. The molecule has 0 aliphatic rings. The van der Waals surface area contributed by atoms with Crippen molar-refractivity contribution in [3.05, 3.63) is 43.5 Å². The lowest BCUT2D eigenvalue weighted by atomic mass is 10.4. The van der Waals surface area contributed by atoms with Gasteiger partial charge in [0.15, 0.2) is 0 Å². The molecule has 2 aromatic rings. The van der Waals surface area contributed by atoms with Gasteiger partial charge in [-0.15, -0.1) is 0 Å². The van der Waals surface area contributed by atoms with Crippen molar-refractivity contribution in [3.8, 4) is 11.6 Å². The van der Waals surface area contributed by atoms with Gasteiger partial charge in [0.05, 0.1) is 5.69 Å². The number of rotatable bonds is 1. The first-order chi connectivity index (χ1) is 7.11. The molecule has 2 rings (SSSR count). The molecule has 2 N–H and O–H groups in total. The van der Waals surface area contributed by atoms with E-state index in [-0.39, 0.29) is 0 Å². The third-order valence-corrected chi connectivity index (χ3v) is 2.47. The zero-order valence-corrected chi connectivity index (χ0v) is 8.05. The van der Waals surface area contributed by atoms with Crippen molar-refractivity contribution in [1.29, 1.82) is 0 Å². The highest BCUT2D eigenvalue weighted by Crippen LogP contribution is 2.16. The molecule has 0 fully saturated rings. The Bertz CT molecular complexity index is 599. The highest BCUT2D eigenvalue weighted by atomic mass is 32.1. The molecule has 0 radical (unpaired) electrons. The Labute approximate surface area is 86.1 Å². The summed E-state index contributed by atoms with van der Waals surface area (Å²) in [6.07, 6.45) is 0. The number of halogens is 1. The van der Waals surface area contributed by atoms with E-state index in [1.807, 2.05) is 0 Å². The van der Waals surface area contributed by atoms with Gasteiger partial charge < -0.3 is 5.11 Å². The molecule has 0 saturated carbocycles. The number of H-pyrrole nitrogens is 1. The zero-order chi connectivity index (χ0) is 11.0. The van der Waals surface area contributed by atoms with E-state index in [1.54, 1.807) is 15.7 Å². The highest BCUT2D eigenvalue weighted by molar-refractivity contribution is 7.08. The van der Waals surface area contributed by atoms with Gasteiger partial charge in [0.25, 0.3) is 5.56 Å². The van der Waals surface area contributed by atoms with Crippen LogP contribution in [0.5, 0.6) is 5.88 Å². The number of hydrogen-bond donors (Lipinski definition) is 2. The van der Waals surface area contributed by atoms with Gasteiger partial charge in [-0.2, -0.15) is 15.7 Å². The van der Waals surface area contributed by atoms with E-state index < -0.39 is 22.9 Å². The average Bonchev–Trinajstić information content (AvgIpc) is 2.68. The maximum absolute atomic E-state index is 13.0. The molecule has 0 bridgehead atoms. The number of aromatic nitrogens is 2. The van der Waals surface area contributed by atoms with Crippen LogP contribution in [0.2, 0.25) is 0 Å². The Morgan fingerprint density at radius 1 is 1.47 bits per heavy atom. The lowest BCUT2D eigenvalue weighted by Crippen LogP contribution is -2.30. The second-order valence-corrected chi connectivity index (χ2v) is 3.49. The fourth-order valence-corrected chi connectivity index (χ4v) is 1.75. The van der Waals surface area contributed by atoms with Gasteiger partial charge in [0, 0.05) is 5.38 Å². The molecule has 0 aliphatic heterocycles. The lowest BCUT2D eigenvalue weighted by molar-refractivity contribution is 0.386. The summed E-state index contributed by atoms with van der Waals surface area (Å²) in [5.74, 6) is -2.36. The molecule has 5 nitrogen and oxygen atoms in total. The maximum Gasteiger partial charge on any atom is 0.335 e. The monoisotopic (exact) mass is 228 g/mol. The molecule has 0 amide bonds. The number of aromatic amines is 1. The van der Waals surface area contributed by atoms with Crippen molar-refractivity contribution in [2.45, 2.75) is 0 Å². The van der Waals surface area contributed by atoms with Gasteiger partial charge in [0.2, 0.25) is 11.7 Å². The molecular formula is C8H5FN2O3S. The van der Waals surface area contributed by atoms with Crippen molar-refractivity contribution in [1.82, 2.24) is 9.55 Å². The molecule has 78 valence electrons. The van der Waals surface area contributed by atoms with Crippen molar-refractivity contribution >= 4 is 11.3 Å². The minimum absolute atomic E-state index is 0.303. The van der Waals surface area contributed by atoms with E-state index in [1.165, 1.54) is 17.4 Å². The van der Waals surface area contributed by atoms with E-state index in [2.05, 4.69) is 0 Å². The molecular weight excluding hydrogens is 223 g/mol. The van der Waals surface area contributed by atoms with Crippen molar-refractivity contribution in [3.63, 3.8) is 0 Å². The Balaban J connectivity index is 2.84. The topological polar surface area (TPSA) is 75.1 Å². The van der Waals surface area contributed by atoms with E-state index in [0.717, 1.165) is 0 Å². The third kappa shape index (κ3) is 1.46. The summed E-state index contributed by atoms with van der Waals surface area (Å²) >= 11 is 1.28. The van der Waals surface area contributed by atoms with Gasteiger partial charge in [-0.05, 0) is 11.4 Å². The normalized spacial score (nSPS) is 10.5. The van der Waals surface area contributed by atoms with Crippen LogP contribution in [0.1, 0.15) is 0 Å². The summed E-state index contributed by atoms with van der Waals surface area (Å²) < 4.78 is 13.7. The first-order valence-electron chi connectivity index (χ1n) is 3.87. The quantitative estimate of drug-likeness (QED) is 0.743. The summed E-state index contributed by atoms with van der Waals surface area (Å²) in [5.41, 5.74) is -1.81. The van der Waals surface area contributed by atoms with Gasteiger partial charge in [-0.1, -0.05) is 0 Å². The minimum atomic E-state index is -1.37. The number of aromatic hydroxyl groups is 1. The fourth-order valence-electron chi connectivity index (χ4n) is 1.13. The molecule has 0 unspecified atom stereocenters. The first-order valence-corrected chi connectivity index (χ1v) is 4.82. The van der Waals surface area contributed by atoms with Crippen LogP contribution < -0.4 is 11.2 Å². The summed E-state index contributed by atoms with van der Waals surface area (Å²) in [4.78, 5) is 23.8. The average molecular weight is 228 g/mol. The van der Waals surface area contributed by atoms with Crippen LogP contribution in [-0.2, 0) is 0 Å². The van der Waals surface area contributed by atoms with Gasteiger partial charge in [-0.3, -0.25) is 9.78 Å². The molecule has 2 heterocycles. The van der Waals surface area contributed by atoms with Gasteiger partial charge in [-0.25, -0.2) is 9.36 Å². The minimum Gasteiger partial charge on any atom is -0.492 e. The first kappa shape index (κ1) is 9.66. The van der Waals surface area contributed by atoms with Crippen LogP contribution in [0.15, 0.2) is 26.4 Å². The third-order valence-electron chi connectivity index (χ3n) is 1.80. The number of thiophene rings is 1. The lowest BCUT2D eigenvalue weighted by Gasteiger charge is -2.04. The molecule has 0 saturated heterocycles. The summed E-state index contributed by atoms with van der Waals surface area (Å²) in [6, 6.07) is 1.52. The predicted molar refractivity (Wildman–Crippen MR) is 52.2 cm³/mol. The smallest absolute Gasteiger partial charge is 0.335 e. The van der Waals surface area contributed by atoms with Crippen LogP contribution in [-0.4, -0.2) is 14.7 Å². The molecule has 7 heteroatoms. The molecule has 15 heavy (non-hydrogen) atoms. The predicted octanol–water partition coefficient (Wildman–Crippen LogP) is 0.432. The number of nitrogens with zero attached hydrogens (tertiary/aromatic N) is 1. The molecule has 0 spiro atoms. The largest absolute Gasteiger partial charge is 0.492 e. The summed E-state index contributed by atoms with van der Waals surface area (Å²) in [5, 5.41) is 12.5. The zero-order valence-electron chi connectivity index (χ0n) is 7.23. The molecule has 0 atom stereocenters. The van der Waals surface area contributed by atoms with Crippen LogP contribution in [0, 0.1) is 5.82 Å². The van der Waals surface area contributed by atoms with E-state index in [0.29, 0.717) is 10.3 Å². The Hall–Kier alpha value is -1.89. The van der Waals surface area contributed by atoms with E-state index >= 15 is 0 Å². The molecule has 2 aromatic heterocycles. The second kappa shape index (κ2) is 3.35. The Morgan fingerprint density at radius 3 is 2.80 bits per heavy atom. The summed E-state index contributed by atoms with van der Waals surface area (Å²) in [6.45, 7) is 0. The fraction of sp³-hybridized carbons (Fsp3) is 0. The van der Waals surface area contributed by atoms with Crippen molar-refractivity contribution < 1.29 is 9.50 Å². The highest BCUT2D eigenvalue weighted by Gasteiger charge is 2.14. The van der Waals surface area contributed by atoms with Crippen LogP contribution in [0.4, 0.5) is 4.39 Å². The van der Waals surface area contributed by atoms with Gasteiger partial charge >= 0.3 is 5.69 Å². The van der Waals surface area contributed by atoms with Crippen LogP contribution >= 0.6 is 11.3 Å². The number of nitrogens with one attached hydrogen (secondary N) is 1. The van der Waals surface area contributed by atoms with Crippen LogP contribution in [0.3, 0.4) is 0 Å². The van der Waals surface area contributed by atoms with Crippen LogP contribution in [0.25, 0.3) is 5.69 Å². The Kier molecular flexibility index (Phi) is 2.16. The van der Waals surface area contributed by atoms with E-state index in [4.69, 9.17) is 0 Å².